The molecule has 0 N–H and O–H groups in total. The third kappa shape index (κ3) is 5.74. The summed E-state index contributed by atoms with van der Waals surface area (Å²) in [7, 11) is 4.14. The number of nitrogens with zero attached hydrogens (tertiary/aromatic N) is 4. The maximum absolute atomic E-state index is 11.3. The van der Waals surface area contributed by atoms with Crippen LogP contribution in [0.4, 0.5) is 11.5 Å². The molecule has 0 saturated carbocycles. The van der Waals surface area contributed by atoms with Crippen LogP contribution in [0.3, 0.4) is 0 Å². The first-order valence-corrected chi connectivity index (χ1v) is 9.89. The molecule has 0 atom stereocenters. The van der Waals surface area contributed by atoms with Gasteiger partial charge >= 0.3 is 5.69 Å². The van der Waals surface area contributed by atoms with Crippen molar-refractivity contribution in [2.75, 3.05) is 32.1 Å². The summed E-state index contributed by atoms with van der Waals surface area (Å²) in [5, 5.41) is 11.3. The summed E-state index contributed by atoms with van der Waals surface area (Å²) in [6, 6.07) is 11.8. The van der Waals surface area contributed by atoms with Gasteiger partial charge in [0.2, 0.25) is 5.82 Å². The summed E-state index contributed by atoms with van der Waals surface area (Å²) in [4.78, 5) is 19.6. The van der Waals surface area contributed by atoms with Crippen molar-refractivity contribution in [3.8, 4) is 0 Å². The number of aryl methyl sites for hydroxylation is 1. The largest absolute Gasteiger partial charge is 0.350 e. The van der Waals surface area contributed by atoms with Crippen molar-refractivity contribution in [2.45, 2.75) is 26.3 Å². The van der Waals surface area contributed by atoms with E-state index in [2.05, 4.69) is 66.5 Å². The quantitative estimate of drug-likeness (QED) is 0.531. The van der Waals surface area contributed by atoms with Gasteiger partial charge in [-0.15, -0.1) is 0 Å². The minimum Gasteiger partial charge on any atom is -0.350 e. The van der Waals surface area contributed by atoms with Crippen LogP contribution in [-0.2, 0) is 6.54 Å². The van der Waals surface area contributed by atoms with Crippen LogP contribution >= 0.6 is 0 Å². The highest BCUT2D eigenvalue weighted by Crippen LogP contribution is 2.29. The van der Waals surface area contributed by atoms with Crippen LogP contribution < -0.4 is 4.90 Å². The van der Waals surface area contributed by atoms with Gasteiger partial charge in [-0.05, 0) is 51.1 Å². The maximum atomic E-state index is 11.3. The molecule has 1 saturated heterocycles. The van der Waals surface area contributed by atoms with Crippen LogP contribution in [0.15, 0.2) is 54.1 Å². The average molecular weight is 393 g/mol. The number of benzene rings is 1. The van der Waals surface area contributed by atoms with Gasteiger partial charge in [0.15, 0.2) is 0 Å². The number of nitro groups is 1. The summed E-state index contributed by atoms with van der Waals surface area (Å²) in [6.07, 6.45) is 8.18. The Kier molecular flexibility index (Phi) is 6.77. The molecule has 29 heavy (non-hydrogen) atoms. The Morgan fingerprint density at radius 3 is 2.66 bits per heavy atom. The molecule has 1 aromatic carbocycles. The smallest absolute Gasteiger partial charge is 0.311 e. The van der Waals surface area contributed by atoms with E-state index in [4.69, 9.17) is 0 Å². The van der Waals surface area contributed by atoms with Crippen molar-refractivity contribution in [3.05, 3.63) is 81.1 Å². The first kappa shape index (κ1) is 20.7. The van der Waals surface area contributed by atoms with Gasteiger partial charge in [0.1, 0.15) is 0 Å². The van der Waals surface area contributed by atoms with Crippen molar-refractivity contribution in [1.82, 2.24) is 9.88 Å². The molecule has 1 aliphatic heterocycles. The summed E-state index contributed by atoms with van der Waals surface area (Å²) in [5.74, 6) is 0.488. The average Bonchev–Trinajstić information content (AvgIpc) is 2.68. The van der Waals surface area contributed by atoms with Crippen LogP contribution in [0.25, 0.3) is 6.08 Å². The Bertz CT molecular complexity index is 924. The second kappa shape index (κ2) is 9.47. The van der Waals surface area contributed by atoms with Crippen LogP contribution in [-0.4, -0.2) is 42.0 Å². The highest BCUT2D eigenvalue weighted by atomic mass is 16.6. The third-order valence-corrected chi connectivity index (χ3v) is 4.97. The van der Waals surface area contributed by atoms with Crippen molar-refractivity contribution in [1.29, 1.82) is 0 Å². The number of hydrogen-bond donors (Lipinski definition) is 0. The van der Waals surface area contributed by atoms with Gasteiger partial charge in [0.05, 0.1) is 4.92 Å². The van der Waals surface area contributed by atoms with Gasteiger partial charge in [0.25, 0.3) is 0 Å². The second-order valence-electron chi connectivity index (χ2n) is 7.71. The summed E-state index contributed by atoms with van der Waals surface area (Å²) in [5.41, 5.74) is 4.73. The van der Waals surface area contributed by atoms with E-state index < -0.39 is 0 Å². The molecule has 0 aliphatic carbocycles. The number of pyridine rings is 1. The second-order valence-corrected chi connectivity index (χ2v) is 7.71. The predicted molar refractivity (Wildman–Crippen MR) is 118 cm³/mol. The minimum absolute atomic E-state index is 0.0838. The molecule has 1 fully saturated rings. The molecule has 152 valence electrons. The van der Waals surface area contributed by atoms with Crippen LogP contribution in [0.2, 0.25) is 0 Å². The normalized spacial score (nSPS) is 14.6. The third-order valence-electron chi connectivity index (χ3n) is 4.97. The van der Waals surface area contributed by atoms with E-state index in [1.165, 1.54) is 16.7 Å². The predicted octanol–water partition coefficient (Wildman–Crippen LogP) is 4.60. The number of aromatic nitrogens is 1. The molecule has 1 aromatic heterocycles. The minimum atomic E-state index is -0.347. The van der Waals surface area contributed by atoms with E-state index in [9.17, 15) is 10.1 Å². The van der Waals surface area contributed by atoms with Gasteiger partial charge < -0.3 is 9.80 Å². The Morgan fingerprint density at radius 1 is 1.21 bits per heavy atom. The molecule has 3 rings (SSSR count). The van der Waals surface area contributed by atoms with Gasteiger partial charge in [-0.25, -0.2) is 4.98 Å². The molecule has 0 spiro atoms. The molecule has 0 amide bonds. The highest BCUT2D eigenvalue weighted by Gasteiger charge is 2.23. The molecule has 2 heterocycles. The van der Waals surface area contributed by atoms with Crippen LogP contribution in [0.1, 0.15) is 29.7 Å². The van der Waals surface area contributed by atoms with Gasteiger partial charge in [-0.1, -0.05) is 48.1 Å². The molecule has 0 bridgehead atoms. The van der Waals surface area contributed by atoms with E-state index in [1.807, 2.05) is 11.8 Å². The monoisotopic (exact) mass is 392 g/mol. The Morgan fingerprint density at radius 2 is 1.97 bits per heavy atom. The zero-order chi connectivity index (χ0) is 20.8. The lowest BCUT2D eigenvalue weighted by Gasteiger charge is -2.29. The fourth-order valence-corrected chi connectivity index (χ4v) is 3.54. The summed E-state index contributed by atoms with van der Waals surface area (Å²) >= 11 is 0. The number of rotatable bonds is 6. The van der Waals surface area contributed by atoms with Gasteiger partial charge in [-0.2, -0.15) is 0 Å². The number of allylic oxidation sites excluding steroid dienone is 2. The van der Waals surface area contributed by atoms with E-state index in [0.29, 0.717) is 5.82 Å². The van der Waals surface area contributed by atoms with E-state index >= 15 is 0 Å². The Balaban J connectivity index is 1.63. The van der Waals surface area contributed by atoms with Gasteiger partial charge in [0, 0.05) is 31.4 Å². The highest BCUT2D eigenvalue weighted by molar-refractivity contribution is 5.59. The topological polar surface area (TPSA) is 62.5 Å². The lowest BCUT2D eigenvalue weighted by atomic mass is 10.0. The molecule has 2 aromatic rings. The lowest BCUT2D eigenvalue weighted by Crippen LogP contribution is -2.32. The molecular formula is C23H28N4O2. The lowest BCUT2D eigenvalue weighted by molar-refractivity contribution is -0.384. The molecule has 0 radical (unpaired) electrons. The fraction of sp³-hybridized carbons (Fsp3) is 0.348. The van der Waals surface area contributed by atoms with E-state index in [0.717, 1.165) is 38.2 Å². The standard InChI is InChI=1S/C23H28N4O2/c1-18-10-11-22(27(28)29)23(24-18)26-14-12-19(13-15-26)6-4-7-20-8-5-9-21(16-20)17-25(2)3/h4-11,16H,12-15,17H2,1-3H3. The number of hydrogen-bond acceptors (Lipinski definition) is 5. The Hall–Kier alpha value is -2.99. The molecule has 6 heteroatoms. The summed E-state index contributed by atoms with van der Waals surface area (Å²) in [6.45, 7) is 4.28. The van der Waals surface area contributed by atoms with E-state index in [-0.39, 0.29) is 10.6 Å². The molecular weight excluding hydrogens is 364 g/mol. The Labute approximate surface area is 172 Å². The van der Waals surface area contributed by atoms with Crippen molar-refractivity contribution in [2.24, 2.45) is 0 Å². The zero-order valence-electron chi connectivity index (χ0n) is 17.3. The van der Waals surface area contributed by atoms with Crippen LogP contribution in [0.5, 0.6) is 0 Å². The van der Waals surface area contributed by atoms with Gasteiger partial charge in [-0.3, -0.25) is 10.1 Å². The zero-order valence-corrected chi connectivity index (χ0v) is 17.3. The fourth-order valence-electron chi connectivity index (χ4n) is 3.54. The van der Waals surface area contributed by atoms with E-state index in [1.54, 1.807) is 12.1 Å². The first-order chi connectivity index (χ1) is 13.9. The SMILES string of the molecule is Cc1ccc([N+](=O)[O-])c(N2CCC(=CC=Cc3cccc(CN(C)C)c3)CC2)n1. The summed E-state index contributed by atoms with van der Waals surface area (Å²) < 4.78 is 0. The van der Waals surface area contributed by atoms with Crippen molar-refractivity contribution < 1.29 is 4.92 Å². The van der Waals surface area contributed by atoms with Crippen molar-refractivity contribution >= 4 is 17.6 Å². The molecule has 0 unspecified atom stereocenters. The van der Waals surface area contributed by atoms with Crippen molar-refractivity contribution in [3.63, 3.8) is 0 Å². The first-order valence-electron chi connectivity index (χ1n) is 9.89. The number of piperidine rings is 1. The maximum Gasteiger partial charge on any atom is 0.311 e. The van der Waals surface area contributed by atoms with Crippen LogP contribution in [0, 0.1) is 17.0 Å². The molecule has 1 aliphatic rings. The number of anilines is 1. The molecule has 6 nitrogen and oxygen atoms in total.